The number of methoxy groups -OCH3 is 1. The van der Waals surface area contributed by atoms with E-state index >= 15 is 0 Å². The molecule has 26 heavy (non-hydrogen) atoms. The molecule has 6 nitrogen and oxygen atoms in total. The van der Waals surface area contributed by atoms with Crippen molar-refractivity contribution in [3.05, 3.63) is 72.1 Å². The van der Waals surface area contributed by atoms with Gasteiger partial charge < -0.3 is 15.2 Å². The molecule has 0 bridgehead atoms. The number of hydrogen-bond acceptors (Lipinski definition) is 5. The summed E-state index contributed by atoms with van der Waals surface area (Å²) < 4.78 is 4.72. The van der Waals surface area contributed by atoms with Crippen molar-refractivity contribution in [2.45, 2.75) is 12.5 Å². The van der Waals surface area contributed by atoms with E-state index in [1.165, 1.54) is 19.2 Å². The minimum Gasteiger partial charge on any atom is -0.508 e. The molecular weight excluding hydrogens is 332 g/mol. The lowest BCUT2D eigenvalue weighted by Gasteiger charge is -2.18. The number of rotatable bonds is 5. The number of aromatic hydroxyl groups is 1. The van der Waals surface area contributed by atoms with Gasteiger partial charge in [-0.2, -0.15) is 0 Å². The van der Waals surface area contributed by atoms with E-state index in [4.69, 9.17) is 4.74 Å². The van der Waals surface area contributed by atoms with Crippen LogP contribution in [-0.4, -0.2) is 29.1 Å². The number of benzene rings is 2. The van der Waals surface area contributed by atoms with Gasteiger partial charge in [-0.05, 0) is 29.1 Å². The van der Waals surface area contributed by atoms with E-state index in [-0.39, 0.29) is 17.9 Å². The lowest BCUT2D eigenvalue weighted by Crippen LogP contribution is -2.31. The number of nitrogens with one attached hydrogen (secondary N) is 1. The van der Waals surface area contributed by atoms with Gasteiger partial charge in [0, 0.05) is 11.6 Å². The van der Waals surface area contributed by atoms with Crippen molar-refractivity contribution in [2.24, 2.45) is 0 Å². The Kier molecular flexibility index (Phi) is 5.12. The summed E-state index contributed by atoms with van der Waals surface area (Å²) in [6.07, 6.45) is 1.61. The Morgan fingerprint density at radius 2 is 1.81 bits per heavy atom. The van der Waals surface area contributed by atoms with Crippen LogP contribution in [0, 0.1) is 0 Å². The average Bonchev–Trinajstić information content (AvgIpc) is 2.67. The summed E-state index contributed by atoms with van der Waals surface area (Å²) >= 11 is 0. The number of carbonyl (C=O) groups is 2. The molecule has 3 aromatic rings. The first-order valence-corrected chi connectivity index (χ1v) is 8.08. The fraction of sp³-hybridized carbons (Fsp3) is 0.150. The highest BCUT2D eigenvalue weighted by molar-refractivity contribution is 5.96. The number of amides is 1. The molecule has 0 aliphatic rings. The van der Waals surface area contributed by atoms with Gasteiger partial charge in [0.1, 0.15) is 11.4 Å². The molecule has 1 heterocycles. The van der Waals surface area contributed by atoms with Crippen LogP contribution in [0.2, 0.25) is 0 Å². The number of carbonyl (C=O) groups excluding carboxylic acids is 2. The van der Waals surface area contributed by atoms with Crippen molar-refractivity contribution in [1.82, 2.24) is 10.3 Å². The van der Waals surface area contributed by atoms with E-state index in [0.717, 1.165) is 10.8 Å². The van der Waals surface area contributed by atoms with Gasteiger partial charge >= 0.3 is 5.97 Å². The van der Waals surface area contributed by atoms with E-state index < -0.39 is 17.9 Å². The Bertz CT molecular complexity index is 938. The van der Waals surface area contributed by atoms with E-state index in [1.807, 2.05) is 24.3 Å². The van der Waals surface area contributed by atoms with Crippen molar-refractivity contribution in [1.29, 1.82) is 0 Å². The second-order valence-corrected chi connectivity index (χ2v) is 5.81. The highest BCUT2D eigenvalue weighted by atomic mass is 16.5. The lowest BCUT2D eigenvalue weighted by molar-refractivity contribution is -0.141. The molecule has 0 saturated carbocycles. The zero-order valence-corrected chi connectivity index (χ0v) is 14.2. The van der Waals surface area contributed by atoms with Crippen LogP contribution < -0.4 is 5.32 Å². The van der Waals surface area contributed by atoms with Gasteiger partial charge in [0.2, 0.25) is 0 Å². The highest BCUT2D eigenvalue weighted by Crippen LogP contribution is 2.21. The van der Waals surface area contributed by atoms with Gasteiger partial charge in [-0.15, -0.1) is 0 Å². The molecule has 3 rings (SSSR count). The summed E-state index contributed by atoms with van der Waals surface area (Å²) in [5, 5.41) is 14.1. The van der Waals surface area contributed by atoms with Gasteiger partial charge in [0.05, 0.1) is 19.6 Å². The van der Waals surface area contributed by atoms with Crippen LogP contribution in [0.25, 0.3) is 10.8 Å². The number of hydrogen-bond donors (Lipinski definition) is 2. The van der Waals surface area contributed by atoms with Crippen LogP contribution in [0.4, 0.5) is 0 Å². The minimum atomic E-state index is -0.594. The summed E-state index contributed by atoms with van der Waals surface area (Å²) in [7, 11) is 1.29. The maximum atomic E-state index is 12.6. The Labute approximate surface area is 150 Å². The summed E-state index contributed by atoms with van der Waals surface area (Å²) in [6, 6.07) is 15.0. The Morgan fingerprint density at radius 1 is 1.12 bits per heavy atom. The van der Waals surface area contributed by atoms with Gasteiger partial charge in [-0.3, -0.25) is 14.6 Å². The second-order valence-electron chi connectivity index (χ2n) is 5.81. The van der Waals surface area contributed by atoms with Gasteiger partial charge in [0.15, 0.2) is 0 Å². The first kappa shape index (κ1) is 17.4. The molecule has 1 aromatic heterocycles. The van der Waals surface area contributed by atoms with Crippen molar-refractivity contribution >= 4 is 22.6 Å². The van der Waals surface area contributed by atoms with Crippen molar-refractivity contribution < 1.29 is 19.4 Å². The van der Waals surface area contributed by atoms with Crippen LogP contribution in [-0.2, 0) is 9.53 Å². The van der Waals surface area contributed by atoms with Gasteiger partial charge in [-0.1, -0.05) is 36.4 Å². The smallest absolute Gasteiger partial charge is 0.307 e. The van der Waals surface area contributed by atoms with E-state index in [1.54, 1.807) is 24.4 Å². The quantitative estimate of drug-likeness (QED) is 0.691. The Morgan fingerprint density at radius 3 is 2.50 bits per heavy atom. The largest absolute Gasteiger partial charge is 0.508 e. The normalized spacial score (nSPS) is 11.7. The monoisotopic (exact) mass is 350 g/mol. The van der Waals surface area contributed by atoms with Crippen molar-refractivity contribution in [2.75, 3.05) is 7.11 Å². The van der Waals surface area contributed by atoms with E-state index in [9.17, 15) is 14.7 Å². The number of pyridine rings is 1. The predicted octanol–water partition coefficient (Wildman–Crippen LogP) is 2.97. The molecule has 0 aliphatic heterocycles. The molecule has 1 amide bonds. The molecule has 2 aromatic carbocycles. The first-order valence-electron chi connectivity index (χ1n) is 8.08. The van der Waals surface area contributed by atoms with E-state index in [0.29, 0.717) is 5.56 Å². The molecule has 6 heteroatoms. The van der Waals surface area contributed by atoms with Gasteiger partial charge in [-0.25, -0.2) is 0 Å². The highest BCUT2D eigenvalue weighted by Gasteiger charge is 2.20. The summed E-state index contributed by atoms with van der Waals surface area (Å²) in [4.78, 5) is 28.5. The minimum absolute atomic E-state index is 0.0272. The number of esters is 1. The summed E-state index contributed by atoms with van der Waals surface area (Å²) in [5.74, 6) is -0.735. The second kappa shape index (κ2) is 7.65. The van der Waals surface area contributed by atoms with Crippen LogP contribution in [0.5, 0.6) is 5.75 Å². The molecule has 0 saturated heterocycles. The first-order chi connectivity index (χ1) is 12.6. The molecule has 0 spiro atoms. The van der Waals surface area contributed by atoms with E-state index in [2.05, 4.69) is 10.3 Å². The number of ether oxygens (including phenoxy) is 1. The third-order valence-electron chi connectivity index (χ3n) is 4.06. The fourth-order valence-corrected chi connectivity index (χ4v) is 2.65. The number of nitrogens with zero attached hydrogens (tertiary/aromatic N) is 1. The topological polar surface area (TPSA) is 88.5 Å². The average molecular weight is 350 g/mol. The van der Waals surface area contributed by atoms with Crippen molar-refractivity contribution in [3.8, 4) is 5.75 Å². The lowest BCUT2D eigenvalue weighted by atomic mass is 10.0. The van der Waals surface area contributed by atoms with Crippen LogP contribution in [0.15, 0.2) is 60.8 Å². The summed E-state index contributed by atoms with van der Waals surface area (Å²) in [5.41, 5.74) is 0.944. The number of fused-ring (bicyclic) bond motifs is 1. The molecule has 0 aliphatic carbocycles. The number of aromatic nitrogens is 1. The zero-order chi connectivity index (χ0) is 18.5. The Balaban J connectivity index is 1.85. The molecule has 2 N–H and O–H groups in total. The van der Waals surface area contributed by atoms with Crippen LogP contribution >= 0.6 is 0 Å². The third-order valence-corrected chi connectivity index (χ3v) is 4.06. The molecule has 1 atom stereocenters. The Hall–Kier alpha value is -3.41. The standard InChI is InChI=1S/C20H18N2O4/c1-26-19(24)11-17(13-6-8-16(23)9-7-13)22-20(25)18-10-14-4-2-3-5-15(14)12-21-18/h2-10,12,17,23H,11H2,1H3,(H,22,25). The third kappa shape index (κ3) is 3.97. The summed E-state index contributed by atoms with van der Waals surface area (Å²) in [6.45, 7) is 0. The molecule has 0 radical (unpaired) electrons. The van der Waals surface area contributed by atoms with Gasteiger partial charge in [0.25, 0.3) is 5.91 Å². The molecular formula is C20H18N2O4. The van der Waals surface area contributed by atoms with Crippen LogP contribution in [0.1, 0.15) is 28.5 Å². The SMILES string of the molecule is COC(=O)CC(NC(=O)c1cc2ccccc2cn1)c1ccc(O)cc1. The zero-order valence-electron chi connectivity index (χ0n) is 14.2. The van der Waals surface area contributed by atoms with Crippen molar-refractivity contribution in [3.63, 3.8) is 0 Å². The molecule has 132 valence electrons. The number of phenolic OH excluding ortho intramolecular Hbond substituents is 1. The van der Waals surface area contributed by atoms with Crippen LogP contribution in [0.3, 0.4) is 0 Å². The molecule has 1 unspecified atom stereocenters. The maximum absolute atomic E-state index is 12.6. The maximum Gasteiger partial charge on any atom is 0.307 e. The number of phenols is 1. The predicted molar refractivity (Wildman–Crippen MR) is 96.7 cm³/mol. The fourth-order valence-electron chi connectivity index (χ4n) is 2.65. The molecule has 0 fully saturated rings.